The summed E-state index contributed by atoms with van der Waals surface area (Å²) in [6.45, 7) is -0.179. The van der Waals surface area contributed by atoms with Gasteiger partial charge in [-0.05, 0) is 6.26 Å². The molecule has 0 unspecified atom stereocenters. The second kappa shape index (κ2) is 3.58. The first kappa shape index (κ1) is 7.56. The van der Waals surface area contributed by atoms with E-state index in [1.165, 1.54) is 0 Å². The van der Waals surface area contributed by atoms with Gasteiger partial charge in [0.05, 0.1) is 5.75 Å². The molecule has 0 radical (unpaired) electrons. The summed E-state index contributed by atoms with van der Waals surface area (Å²) in [7, 11) is 0. The summed E-state index contributed by atoms with van der Waals surface area (Å²) in [6.07, 6.45) is 1.95. The van der Waals surface area contributed by atoms with Gasteiger partial charge in [-0.3, -0.25) is 0 Å². The summed E-state index contributed by atoms with van der Waals surface area (Å²) >= 11 is 1.61. The van der Waals surface area contributed by atoms with Gasteiger partial charge >= 0.3 is 0 Å². The average Bonchev–Trinajstić information content (AvgIpc) is 2.37. The van der Waals surface area contributed by atoms with Crippen molar-refractivity contribution in [1.29, 1.82) is 0 Å². The van der Waals surface area contributed by atoms with Crippen molar-refractivity contribution >= 4 is 11.8 Å². The molecule has 0 amide bonds. The fraction of sp³-hybridized carbons (Fsp3) is 0.600. The molecule has 0 atom stereocenters. The number of hydrogen-bond acceptors (Lipinski definition) is 5. The van der Waals surface area contributed by atoms with Crippen LogP contribution in [0.2, 0.25) is 0 Å². The molecule has 1 aromatic rings. The van der Waals surface area contributed by atoms with E-state index in [0.717, 1.165) is 5.75 Å². The van der Waals surface area contributed by atoms with Gasteiger partial charge < -0.3 is 9.63 Å². The monoisotopic (exact) mass is 160 g/mol. The minimum Gasteiger partial charge on any atom is -0.387 e. The highest BCUT2D eigenvalue weighted by molar-refractivity contribution is 7.97. The zero-order valence-corrected chi connectivity index (χ0v) is 6.39. The molecule has 0 aromatic carbocycles. The Bertz CT molecular complexity index is 201. The smallest absolute Gasteiger partial charge is 0.252 e. The Hall–Kier alpha value is -0.550. The molecule has 1 rings (SSSR count). The zero-order valence-electron chi connectivity index (χ0n) is 5.57. The van der Waals surface area contributed by atoms with E-state index in [-0.39, 0.29) is 12.5 Å². The zero-order chi connectivity index (χ0) is 7.40. The van der Waals surface area contributed by atoms with Gasteiger partial charge in [-0.25, -0.2) is 0 Å². The minimum absolute atomic E-state index is 0.179. The quantitative estimate of drug-likeness (QED) is 0.694. The molecule has 5 heteroatoms. The fourth-order valence-corrected chi connectivity index (χ4v) is 0.918. The van der Waals surface area contributed by atoms with Gasteiger partial charge in [0.1, 0.15) is 6.61 Å². The van der Waals surface area contributed by atoms with E-state index in [1.54, 1.807) is 11.8 Å². The maximum absolute atomic E-state index is 8.52. The Morgan fingerprint density at radius 3 is 3.00 bits per heavy atom. The second-order valence-electron chi connectivity index (χ2n) is 1.70. The molecule has 0 fully saturated rings. The van der Waals surface area contributed by atoms with Gasteiger partial charge in [0.2, 0.25) is 0 Å². The lowest BCUT2D eigenvalue weighted by Gasteiger charge is -1.82. The van der Waals surface area contributed by atoms with Crippen molar-refractivity contribution in [3.8, 4) is 0 Å². The van der Waals surface area contributed by atoms with E-state index in [0.29, 0.717) is 5.82 Å². The largest absolute Gasteiger partial charge is 0.387 e. The first-order chi connectivity index (χ1) is 4.86. The molecule has 1 N–H and O–H groups in total. The topological polar surface area (TPSA) is 59.2 Å². The molecule has 0 saturated carbocycles. The Kier molecular flexibility index (Phi) is 2.70. The van der Waals surface area contributed by atoms with Gasteiger partial charge in [0.15, 0.2) is 5.82 Å². The molecule has 0 aliphatic heterocycles. The maximum Gasteiger partial charge on any atom is 0.252 e. The van der Waals surface area contributed by atoms with Gasteiger partial charge in [0, 0.05) is 0 Å². The van der Waals surface area contributed by atoms with Crippen molar-refractivity contribution in [3.63, 3.8) is 0 Å². The van der Waals surface area contributed by atoms with Crippen molar-refractivity contribution in [2.24, 2.45) is 0 Å². The number of rotatable bonds is 3. The minimum atomic E-state index is -0.179. The van der Waals surface area contributed by atoms with E-state index in [2.05, 4.69) is 14.7 Å². The van der Waals surface area contributed by atoms with Crippen LogP contribution >= 0.6 is 11.8 Å². The summed E-state index contributed by atoms with van der Waals surface area (Å²) in [5.74, 6) is 1.64. The Labute approximate surface area is 62.6 Å². The Morgan fingerprint density at radius 2 is 2.50 bits per heavy atom. The Morgan fingerprint density at radius 1 is 1.70 bits per heavy atom. The van der Waals surface area contributed by atoms with Gasteiger partial charge in [0.25, 0.3) is 5.89 Å². The lowest BCUT2D eigenvalue weighted by molar-refractivity contribution is 0.222. The lowest BCUT2D eigenvalue weighted by Crippen LogP contribution is -1.84. The van der Waals surface area contributed by atoms with Crippen LogP contribution < -0.4 is 0 Å². The SMILES string of the molecule is CSCc1noc(CO)n1. The number of aliphatic hydroxyl groups is 1. The first-order valence-corrected chi connectivity index (χ1v) is 4.17. The number of aliphatic hydroxyl groups excluding tert-OH is 1. The third-order valence-corrected chi connectivity index (χ3v) is 1.47. The third kappa shape index (κ3) is 1.71. The highest BCUT2D eigenvalue weighted by Gasteiger charge is 2.02. The summed E-state index contributed by atoms with van der Waals surface area (Å²) in [6, 6.07) is 0. The van der Waals surface area contributed by atoms with Crippen LogP contribution in [0.25, 0.3) is 0 Å². The second-order valence-corrected chi connectivity index (χ2v) is 2.56. The van der Waals surface area contributed by atoms with Crippen LogP contribution in [0.5, 0.6) is 0 Å². The van der Waals surface area contributed by atoms with Crippen molar-refractivity contribution in [1.82, 2.24) is 10.1 Å². The van der Waals surface area contributed by atoms with Gasteiger partial charge in [-0.1, -0.05) is 5.16 Å². The average molecular weight is 160 g/mol. The fourth-order valence-electron chi connectivity index (χ4n) is 0.542. The number of aromatic nitrogens is 2. The molecule has 1 aromatic heterocycles. The number of thioether (sulfide) groups is 1. The molecule has 0 spiro atoms. The molecule has 1 heterocycles. The summed E-state index contributed by atoms with van der Waals surface area (Å²) in [5.41, 5.74) is 0. The van der Waals surface area contributed by atoms with E-state index in [9.17, 15) is 0 Å². The van der Waals surface area contributed by atoms with Crippen LogP contribution in [0.3, 0.4) is 0 Å². The molecule has 10 heavy (non-hydrogen) atoms. The number of nitrogens with zero attached hydrogens (tertiary/aromatic N) is 2. The van der Waals surface area contributed by atoms with Gasteiger partial charge in [-0.2, -0.15) is 16.7 Å². The van der Waals surface area contributed by atoms with Crippen LogP contribution in [0, 0.1) is 0 Å². The molecule has 0 aliphatic carbocycles. The van der Waals surface area contributed by atoms with Crippen molar-refractivity contribution < 1.29 is 9.63 Å². The molecule has 4 nitrogen and oxygen atoms in total. The van der Waals surface area contributed by atoms with Crippen LogP contribution in [0.1, 0.15) is 11.7 Å². The first-order valence-electron chi connectivity index (χ1n) is 2.78. The molecule has 0 aliphatic rings. The van der Waals surface area contributed by atoms with Crippen molar-refractivity contribution in [2.45, 2.75) is 12.4 Å². The lowest BCUT2D eigenvalue weighted by atomic mass is 10.7. The third-order valence-electron chi connectivity index (χ3n) is 0.919. The highest BCUT2D eigenvalue weighted by atomic mass is 32.2. The van der Waals surface area contributed by atoms with Crippen LogP contribution in [-0.2, 0) is 12.4 Å². The predicted molar refractivity (Wildman–Crippen MR) is 37.4 cm³/mol. The maximum atomic E-state index is 8.52. The van der Waals surface area contributed by atoms with E-state index in [4.69, 9.17) is 5.11 Å². The molecular formula is C5H8N2O2S. The summed E-state index contributed by atoms with van der Waals surface area (Å²) < 4.78 is 4.64. The van der Waals surface area contributed by atoms with Crippen molar-refractivity contribution in [3.05, 3.63) is 11.7 Å². The molecular weight excluding hydrogens is 152 g/mol. The molecule has 0 bridgehead atoms. The van der Waals surface area contributed by atoms with Crippen molar-refractivity contribution in [2.75, 3.05) is 6.26 Å². The van der Waals surface area contributed by atoms with Crippen LogP contribution in [0.4, 0.5) is 0 Å². The van der Waals surface area contributed by atoms with E-state index in [1.807, 2.05) is 6.26 Å². The summed E-state index contributed by atoms with van der Waals surface area (Å²) in [4.78, 5) is 3.87. The van der Waals surface area contributed by atoms with Crippen LogP contribution in [-0.4, -0.2) is 21.5 Å². The predicted octanol–water partition coefficient (Wildman–Crippen LogP) is 0.425. The van der Waals surface area contributed by atoms with Gasteiger partial charge in [-0.15, -0.1) is 0 Å². The Balaban J connectivity index is 2.59. The normalized spacial score (nSPS) is 10.2. The van der Waals surface area contributed by atoms with E-state index >= 15 is 0 Å². The van der Waals surface area contributed by atoms with E-state index < -0.39 is 0 Å². The number of hydrogen-bond donors (Lipinski definition) is 1. The molecule has 56 valence electrons. The van der Waals surface area contributed by atoms with Crippen LogP contribution in [0.15, 0.2) is 4.52 Å². The highest BCUT2D eigenvalue weighted by Crippen LogP contribution is 2.04. The molecule has 0 saturated heterocycles. The standard InChI is InChI=1S/C5H8N2O2S/c1-10-3-4-6-5(2-8)9-7-4/h8H,2-3H2,1H3. The summed E-state index contributed by atoms with van der Waals surface area (Å²) in [5, 5.41) is 12.1.